The van der Waals surface area contributed by atoms with Crippen molar-refractivity contribution in [3.63, 3.8) is 0 Å². The number of guanidine groups is 1. The summed E-state index contributed by atoms with van der Waals surface area (Å²) >= 11 is 0. The number of rotatable bonds is 2. The molecular weight excluding hydrogens is 142 g/mol. The van der Waals surface area contributed by atoms with Gasteiger partial charge in [-0.2, -0.15) is 0 Å². The molecule has 1 aliphatic heterocycles. The summed E-state index contributed by atoms with van der Waals surface area (Å²) in [5.41, 5.74) is 10.6. The zero-order valence-electron chi connectivity index (χ0n) is 6.84. The highest BCUT2D eigenvalue weighted by Gasteiger charge is 2.29. The molecule has 1 heterocycles. The lowest BCUT2D eigenvalue weighted by Gasteiger charge is -2.17. The summed E-state index contributed by atoms with van der Waals surface area (Å²) in [6.45, 7) is 4.40. The third-order valence-electron chi connectivity index (χ3n) is 1.94. The lowest BCUT2D eigenvalue weighted by atomic mass is 9.90. The van der Waals surface area contributed by atoms with Crippen molar-refractivity contribution in [3.8, 4) is 0 Å². The van der Waals surface area contributed by atoms with Crippen molar-refractivity contribution in [2.45, 2.75) is 13.3 Å². The first-order valence-electron chi connectivity index (χ1n) is 3.76. The van der Waals surface area contributed by atoms with Gasteiger partial charge in [-0.1, -0.05) is 6.92 Å². The Kier molecular flexibility index (Phi) is 2.34. The second-order valence-electron chi connectivity index (χ2n) is 3.35. The maximum absolute atomic E-state index is 5.24. The Morgan fingerprint density at radius 1 is 1.64 bits per heavy atom. The molecule has 0 amide bonds. The van der Waals surface area contributed by atoms with Crippen LogP contribution in [0.15, 0.2) is 4.99 Å². The molecule has 1 aliphatic rings. The van der Waals surface area contributed by atoms with Gasteiger partial charge in [0.25, 0.3) is 0 Å². The number of hydrogen-bond acceptors (Lipinski definition) is 2. The van der Waals surface area contributed by atoms with Crippen LogP contribution >= 0.6 is 0 Å². The Labute approximate surface area is 66.6 Å². The molecule has 4 N–H and O–H groups in total. The van der Waals surface area contributed by atoms with Crippen molar-refractivity contribution in [1.82, 2.24) is 0 Å². The van der Waals surface area contributed by atoms with Crippen molar-refractivity contribution in [1.29, 1.82) is 0 Å². The molecule has 0 radical (unpaired) electrons. The Morgan fingerprint density at radius 3 is 2.82 bits per heavy atom. The van der Waals surface area contributed by atoms with Crippen molar-refractivity contribution in [2.75, 3.05) is 19.8 Å². The van der Waals surface area contributed by atoms with Crippen LogP contribution in [-0.2, 0) is 4.74 Å². The number of ether oxygens (including phenoxy) is 1. The monoisotopic (exact) mass is 157 g/mol. The molecule has 0 aliphatic carbocycles. The third-order valence-corrected chi connectivity index (χ3v) is 1.94. The van der Waals surface area contributed by atoms with Gasteiger partial charge in [0.05, 0.1) is 13.2 Å². The maximum atomic E-state index is 5.24. The zero-order valence-corrected chi connectivity index (χ0v) is 6.84. The second kappa shape index (κ2) is 3.09. The number of aliphatic imine (C=N–C) groups is 1. The molecule has 1 rings (SSSR count). The minimum Gasteiger partial charge on any atom is -0.381 e. The molecule has 4 nitrogen and oxygen atoms in total. The van der Waals surface area contributed by atoms with Crippen molar-refractivity contribution in [2.24, 2.45) is 21.9 Å². The minimum atomic E-state index is 0.157. The Bertz CT molecular complexity index is 157. The van der Waals surface area contributed by atoms with Crippen LogP contribution in [0.2, 0.25) is 0 Å². The van der Waals surface area contributed by atoms with E-state index in [0.717, 1.165) is 19.6 Å². The van der Waals surface area contributed by atoms with Crippen molar-refractivity contribution in [3.05, 3.63) is 0 Å². The largest absolute Gasteiger partial charge is 0.381 e. The van der Waals surface area contributed by atoms with E-state index in [4.69, 9.17) is 16.2 Å². The highest BCUT2D eigenvalue weighted by molar-refractivity contribution is 5.75. The topological polar surface area (TPSA) is 73.6 Å². The van der Waals surface area contributed by atoms with Gasteiger partial charge in [0.1, 0.15) is 0 Å². The summed E-state index contributed by atoms with van der Waals surface area (Å²) in [7, 11) is 0. The third kappa shape index (κ3) is 2.38. The van der Waals surface area contributed by atoms with Crippen LogP contribution in [0.5, 0.6) is 0 Å². The summed E-state index contributed by atoms with van der Waals surface area (Å²) in [5.74, 6) is 0.165. The number of nitrogens with two attached hydrogens (primary N) is 2. The highest BCUT2D eigenvalue weighted by atomic mass is 16.5. The molecule has 0 saturated carbocycles. The van der Waals surface area contributed by atoms with E-state index in [9.17, 15) is 0 Å². The van der Waals surface area contributed by atoms with Gasteiger partial charge < -0.3 is 16.2 Å². The molecule has 0 aromatic carbocycles. The van der Waals surface area contributed by atoms with Crippen LogP contribution in [0.1, 0.15) is 13.3 Å². The Hall–Kier alpha value is -0.770. The molecule has 0 aromatic heterocycles. The van der Waals surface area contributed by atoms with Crippen LogP contribution in [0, 0.1) is 5.41 Å². The molecule has 1 unspecified atom stereocenters. The van der Waals surface area contributed by atoms with Gasteiger partial charge in [0.15, 0.2) is 5.96 Å². The van der Waals surface area contributed by atoms with Crippen LogP contribution in [0.25, 0.3) is 0 Å². The fourth-order valence-corrected chi connectivity index (χ4v) is 1.12. The first-order chi connectivity index (χ1) is 5.12. The summed E-state index contributed by atoms with van der Waals surface area (Å²) in [6, 6.07) is 0. The fourth-order valence-electron chi connectivity index (χ4n) is 1.12. The van der Waals surface area contributed by atoms with Crippen molar-refractivity contribution < 1.29 is 4.74 Å². The van der Waals surface area contributed by atoms with Gasteiger partial charge in [0, 0.05) is 12.0 Å². The van der Waals surface area contributed by atoms with E-state index in [1.807, 2.05) is 0 Å². The van der Waals surface area contributed by atoms with E-state index >= 15 is 0 Å². The lowest BCUT2D eigenvalue weighted by molar-refractivity contribution is 0.163. The van der Waals surface area contributed by atoms with E-state index in [-0.39, 0.29) is 11.4 Å². The number of hydrogen-bond donors (Lipinski definition) is 2. The lowest BCUT2D eigenvalue weighted by Crippen LogP contribution is -2.27. The van der Waals surface area contributed by atoms with E-state index < -0.39 is 0 Å². The average molecular weight is 157 g/mol. The standard InChI is InChI=1S/C7H15N3O/c1-7(2-3-11-5-7)4-10-6(8)9/h2-5H2,1H3,(H4,8,9,10). The molecule has 4 heteroatoms. The van der Waals surface area contributed by atoms with E-state index in [0.29, 0.717) is 6.54 Å². The molecule has 0 spiro atoms. The molecule has 1 atom stereocenters. The Morgan fingerprint density at radius 2 is 2.36 bits per heavy atom. The van der Waals surface area contributed by atoms with Gasteiger partial charge in [0.2, 0.25) is 0 Å². The second-order valence-corrected chi connectivity index (χ2v) is 3.35. The van der Waals surface area contributed by atoms with Crippen LogP contribution < -0.4 is 11.5 Å². The molecular formula is C7H15N3O. The molecule has 1 saturated heterocycles. The highest BCUT2D eigenvalue weighted by Crippen LogP contribution is 2.27. The van der Waals surface area contributed by atoms with Gasteiger partial charge in [-0.25, -0.2) is 0 Å². The first-order valence-corrected chi connectivity index (χ1v) is 3.76. The van der Waals surface area contributed by atoms with Crippen LogP contribution in [0.4, 0.5) is 0 Å². The summed E-state index contributed by atoms with van der Waals surface area (Å²) in [4.78, 5) is 3.97. The molecule has 1 fully saturated rings. The fraction of sp³-hybridized carbons (Fsp3) is 0.857. The van der Waals surface area contributed by atoms with E-state index in [2.05, 4.69) is 11.9 Å². The van der Waals surface area contributed by atoms with Gasteiger partial charge in [-0.05, 0) is 6.42 Å². The molecule has 64 valence electrons. The predicted molar refractivity (Wildman–Crippen MR) is 44.2 cm³/mol. The summed E-state index contributed by atoms with van der Waals surface area (Å²) < 4.78 is 5.24. The van der Waals surface area contributed by atoms with E-state index in [1.165, 1.54) is 0 Å². The normalized spacial score (nSPS) is 30.3. The predicted octanol–water partition coefficient (Wildman–Crippen LogP) is -0.314. The van der Waals surface area contributed by atoms with Gasteiger partial charge >= 0.3 is 0 Å². The molecule has 0 bridgehead atoms. The minimum absolute atomic E-state index is 0.157. The maximum Gasteiger partial charge on any atom is 0.185 e. The van der Waals surface area contributed by atoms with Gasteiger partial charge in [-0.15, -0.1) is 0 Å². The van der Waals surface area contributed by atoms with Crippen LogP contribution in [0.3, 0.4) is 0 Å². The van der Waals surface area contributed by atoms with Crippen molar-refractivity contribution >= 4 is 5.96 Å². The zero-order chi connectivity index (χ0) is 8.32. The quantitative estimate of drug-likeness (QED) is 0.426. The number of nitrogens with zero attached hydrogens (tertiary/aromatic N) is 1. The molecule has 0 aromatic rings. The summed E-state index contributed by atoms with van der Waals surface area (Å²) in [6.07, 6.45) is 1.05. The summed E-state index contributed by atoms with van der Waals surface area (Å²) in [5, 5.41) is 0. The average Bonchev–Trinajstić information content (AvgIpc) is 2.33. The Balaban J connectivity index is 2.40. The first kappa shape index (κ1) is 8.33. The van der Waals surface area contributed by atoms with Crippen LogP contribution in [-0.4, -0.2) is 25.7 Å². The SMILES string of the molecule is CC1(CN=C(N)N)CCOC1. The smallest absolute Gasteiger partial charge is 0.185 e. The van der Waals surface area contributed by atoms with Gasteiger partial charge in [-0.3, -0.25) is 4.99 Å². The molecule has 11 heavy (non-hydrogen) atoms. The van der Waals surface area contributed by atoms with E-state index in [1.54, 1.807) is 0 Å².